The highest BCUT2D eigenvalue weighted by Crippen LogP contribution is 2.33. The molecule has 1 N–H and O–H groups in total. The fourth-order valence-corrected chi connectivity index (χ4v) is 4.73. The van der Waals surface area contributed by atoms with E-state index in [2.05, 4.69) is 5.32 Å². The van der Waals surface area contributed by atoms with Crippen molar-refractivity contribution in [2.45, 2.75) is 52.2 Å². The molecule has 0 fully saturated rings. The third-order valence-corrected chi connectivity index (χ3v) is 7.47. The Morgan fingerprint density at radius 2 is 1.69 bits per heavy atom. The number of halogens is 3. The van der Waals surface area contributed by atoms with Crippen LogP contribution in [0.3, 0.4) is 0 Å². The van der Waals surface area contributed by atoms with E-state index < -0.39 is 34.3 Å². The van der Waals surface area contributed by atoms with Crippen LogP contribution in [-0.2, 0) is 26.2 Å². The Balaban J connectivity index is 2.47. The Labute approximate surface area is 216 Å². The molecule has 11 heteroatoms. The molecule has 0 aliphatic carbocycles. The van der Waals surface area contributed by atoms with E-state index in [-0.39, 0.29) is 40.6 Å². The van der Waals surface area contributed by atoms with E-state index in [1.807, 2.05) is 13.8 Å². The molecule has 0 bridgehead atoms. The SMILES string of the molecule is CCC(C)NC(=O)C(CC)N(Cc1ccc(F)cc1)C(=O)CN(c1cccc(Cl)c1Cl)S(C)(=O)=O. The summed E-state index contributed by atoms with van der Waals surface area (Å²) in [6, 6.07) is 9.02. The molecule has 192 valence electrons. The topological polar surface area (TPSA) is 86.8 Å². The normalized spacial score (nSPS) is 13.1. The molecule has 2 rings (SSSR count). The first-order valence-corrected chi connectivity index (χ1v) is 13.7. The van der Waals surface area contributed by atoms with Gasteiger partial charge in [0, 0.05) is 12.6 Å². The summed E-state index contributed by atoms with van der Waals surface area (Å²) in [6.45, 7) is 4.91. The van der Waals surface area contributed by atoms with Crippen molar-refractivity contribution < 1.29 is 22.4 Å². The van der Waals surface area contributed by atoms with E-state index in [9.17, 15) is 22.4 Å². The molecule has 0 radical (unpaired) electrons. The molecular formula is C24H30Cl2FN3O4S. The molecule has 7 nitrogen and oxygen atoms in total. The van der Waals surface area contributed by atoms with Gasteiger partial charge in [-0.1, -0.05) is 55.2 Å². The van der Waals surface area contributed by atoms with Gasteiger partial charge in [0.1, 0.15) is 18.4 Å². The van der Waals surface area contributed by atoms with Crippen molar-refractivity contribution in [1.82, 2.24) is 10.2 Å². The molecule has 2 unspecified atom stereocenters. The van der Waals surface area contributed by atoms with E-state index >= 15 is 0 Å². The summed E-state index contributed by atoms with van der Waals surface area (Å²) in [5.41, 5.74) is 0.634. The number of anilines is 1. The van der Waals surface area contributed by atoms with E-state index in [0.29, 0.717) is 12.0 Å². The Kier molecular flexibility index (Phi) is 10.4. The lowest BCUT2D eigenvalue weighted by Crippen LogP contribution is -2.53. The lowest BCUT2D eigenvalue weighted by Gasteiger charge is -2.33. The van der Waals surface area contributed by atoms with E-state index in [1.165, 1.54) is 47.4 Å². The van der Waals surface area contributed by atoms with E-state index in [4.69, 9.17) is 23.2 Å². The van der Waals surface area contributed by atoms with Crippen LogP contribution in [0, 0.1) is 5.82 Å². The second kappa shape index (κ2) is 12.6. The average molecular weight is 546 g/mol. The summed E-state index contributed by atoms with van der Waals surface area (Å²) in [5, 5.41) is 3.00. The zero-order valence-corrected chi connectivity index (χ0v) is 22.4. The van der Waals surface area contributed by atoms with Crippen LogP contribution in [0.4, 0.5) is 10.1 Å². The zero-order chi connectivity index (χ0) is 26.3. The van der Waals surface area contributed by atoms with Crippen molar-refractivity contribution in [3.8, 4) is 0 Å². The molecule has 2 amide bonds. The molecule has 0 spiro atoms. The molecule has 2 aromatic rings. The summed E-state index contributed by atoms with van der Waals surface area (Å²) < 4.78 is 39.6. The lowest BCUT2D eigenvalue weighted by molar-refractivity contribution is -0.140. The summed E-state index contributed by atoms with van der Waals surface area (Å²) in [7, 11) is -3.95. The Morgan fingerprint density at radius 3 is 2.23 bits per heavy atom. The molecule has 0 aliphatic heterocycles. The molecule has 35 heavy (non-hydrogen) atoms. The minimum absolute atomic E-state index is 0.0148. The second-order valence-corrected chi connectivity index (χ2v) is 10.9. The second-order valence-electron chi connectivity index (χ2n) is 8.23. The van der Waals surface area contributed by atoms with Crippen LogP contribution in [0.25, 0.3) is 0 Å². The number of amides is 2. The van der Waals surface area contributed by atoms with Crippen LogP contribution in [0.2, 0.25) is 10.0 Å². The van der Waals surface area contributed by atoms with Gasteiger partial charge in [0.25, 0.3) is 0 Å². The first-order valence-electron chi connectivity index (χ1n) is 11.1. The number of hydrogen-bond donors (Lipinski definition) is 1. The van der Waals surface area contributed by atoms with Gasteiger partial charge in [-0.15, -0.1) is 0 Å². The molecular weight excluding hydrogens is 516 g/mol. The molecule has 0 aromatic heterocycles. The van der Waals surface area contributed by atoms with Crippen LogP contribution in [0.15, 0.2) is 42.5 Å². The maximum Gasteiger partial charge on any atom is 0.244 e. The van der Waals surface area contributed by atoms with Crippen molar-refractivity contribution in [3.63, 3.8) is 0 Å². The van der Waals surface area contributed by atoms with Crippen LogP contribution in [-0.4, -0.2) is 50.0 Å². The number of carbonyl (C=O) groups is 2. The minimum Gasteiger partial charge on any atom is -0.352 e. The van der Waals surface area contributed by atoms with Gasteiger partial charge < -0.3 is 10.2 Å². The van der Waals surface area contributed by atoms with Crippen molar-refractivity contribution in [3.05, 3.63) is 63.9 Å². The fraction of sp³-hybridized carbons (Fsp3) is 0.417. The van der Waals surface area contributed by atoms with Gasteiger partial charge >= 0.3 is 0 Å². The highest BCUT2D eigenvalue weighted by atomic mass is 35.5. The van der Waals surface area contributed by atoms with Crippen LogP contribution in [0.1, 0.15) is 39.2 Å². The van der Waals surface area contributed by atoms with Gasteiger partial charge in [-0.05, 0) is 49.6 Å². The molecule has 2 atom stereocenters. The van der Waals surface area contributed by atoms with Crippen LogP contribution < -0.4 is 9.62 Å². The Hall–Kier alpha value is -2.36. The quantitative estimate of drug-likeness (QED) is 0.446. The molecule has 0 heterocycles. The predicted molar refractivity (Wildman–Crippen MR) is 138 cm³/mol. The molecule has 0 saturated heterocycles. The van der Waals surface area contributed by atoms with Crippen molar-refractivity contribution in [1.29, 1.82) is 0 Å². The number of rotatable bonds is 11. The van der Waals surface area contributed by atoms with Gasteiger partial charge in [0.15, 0.2) is 0 Å². The highest BCUT2D eigenvalue weighted by Gasteiger charge is 2.32. The van der Waals surface area contributed by atoms with Gasteiger partial charge in [-0.2, -0.15) is 0 Å². The van der Waals surface area contributed by atoms with Gasteiger partial charge in [0.2, 0.25) is 21.8 Å². The third kappa shape index (κ3) is 7.81. The summed E-state index contributed by atoms with van der Waals surface area (Å²) in [4.78, 5) is 27.9. The van der Waals surface area contributed by atoms with Gasteiger partial charge in [-0.25, -0.2) is 12.8 Å². The van der Waals surface area contributed by atoms with Crippen LogP contribution >= 0.6 is 23.2 Å². The summed E-state index contributed by atoms with van der Waals surface area (Å²) in [6.07, 6.45) is 1.93. The minimum atomic E-state index is -3.95. The van der Waals surface area contributed by atoms with E-state index in [1.54, 1.807) is 6.92 Å². The Bertz CT molecular complexity index is 1150. The number of benzene rings is 2. The fourth-order valence-electron chi connectivity index (χ4n) is 3.43. The van der Waals surface area contributed by atoms with Crippen molar-refractivity contribution in [2.75, 3.05) is 17.1 Å². The molecule has 2 aromatic carbocycles. The highest BCUT2D eigenvalue weighted by molar-refractivity contribution is 7.92. The summed E-state index contributed by atoms with van der Waals surface area (Å²) >= 11 is 12.3. The number of carbonyl (C=O) groups excluding carboxylic acids is 2. The average Bonchev–Trinajstić information content (AvgIpc) is 2.79. The summed E-state index contributed by atoms with van der Waals surface area (Å²) in [5.74, 6) is -1.42. The molecule has 0 saturated carbocycles. The van der Waals surface area contributed by atoms with Crippen LogP contribution in [0.5, 0.6) is 0 Å². The van der Waals surface area contributed by atoms with E-state index in [0.717, 1.165) is 10.6 Å². The largest absolute Gasteiger partial charge is 0.352 e. The van der Waals surface area contributed by atoms with Gasteiger partial charge in [0.05, 0.1) is 22.0 Å². The predicted octanol–water partition coefficient (Wildman–Crippen LogP) is 4.62. The smallest absolute Gasteiger partial charge is 0.244 e. The number of nitrogens with one attached hydrogen (secondary N) is 1. The zero-order valence-electron chi connectivity index (χ0n) is 20.1. The van der Waals surface area contributed by atoms with Crippen molar-refractivity contribution in [2.24, 2.45) is 0 Å². The maximum absolute atomic E-state index is 13.6. The first kappa shape index (κ1) is 28.9. The first-order chi connectivity index (χ1) is 16.4. The van der Waals surface area contributed by atoms with Gasteiger partial charge in [-0.3, -0.25) is 13.9 Å². The standard InChI is InChI=1S/C24H30Cl2FN3O4S/c1-5-16(3)28-24(32)20(6-2)29(14-17-10-12-18(27)13-11-17)22(31)15-30(35(4,33)34)21-9-7-8-19(25)23(21)26/h7-13,16,20H,5-6,14-15H2,1-4H3,(H,28,32). The Morgan fingerprint density at radius 1 is 1.06 bits per heavy atom. The van der Waals surface area contributed by atoms with Crippen molar-refractivity contribution >= 4 is 50.7 Å². The lowest BCUT2D eigenvalue weighted by atomic mass is 10.1. The molecule has 0 aliphatic rings. The number of hydrogen-bond acceptors (Lipinski definition) is 4. The maximum atomic E-state index is 13.6. The monoisotopic (exact) mass is 545 g/mol. The number of nitrogens with zero attached hydrogens (tertiary/aromatic N) is 2. The third-order valence-electron chi connectivity index (χ3n) is 5.53. The number of sulfonamides is 1.